The van der Waals surface area contributed by atoms with Crippen LogP contribution in [-0.2, 0) is 4.79 Å². The molecule has 2 rings (SSSR count). The number of aliphatic hydroxyl groups excluding tert-OH is 1. The van der Waals surface area contributed by atoms with Gasteiger partial charge in [0, 0.05) is 16.9 Å². The van der Waals surface area contributed by atoms with Gasteiger partial charge in [-0.2, -0.15) is 0 Å². The van der Waals surface area contributed by atoms with E-state index in [2.05, 4.69) is 40.3 Å². The molecule has 1 saturated carbocycles. The lowest BCUT2D eigenvalue weighted by Crippen LogP contribution is -2.38. The first kappa shape index (κ1) is 15.5. The Balaban J connectivity index is 1.80. The van der Waals surface area contributed by atoms with E-state index in [4.69, 9.17) is 0 Å². The molecule has 1 aromatic rings. The SMILES string of the molecule is CC(CC(=O)NC1CCC(O)CC1)c1ccc(Br)cc1. The van der Waals surface area contributed by atoms with Crippen molar-refractivity contribution >= 4 is 21.8 Å². The Morgan fingerprint density at radius 1 is 1.30 bits per heavy atom. The van der Waals surface area contributed by atoms with Crippen LogP contribution in [0.5, 0.6) is 0 Å². The van der Waals surface area contributed by atoms with Crippen LogP contribution < -0.4 is 5.32 Å². The molecule has 0 bridgehead atoms. The van der Waals surface area contributed by atoms with Gasteiger partial charge in [0.1, 0.15) is 0 Å². The van der Waals surface area contributed by atoms with Crippen LogP contribution in [0.1, 0.15) is 50.5 Å². The number of hydrogen-bond donors (Lipinski definition) is 2. The standard InChI is InChI=1S/C16H22BrNO2/c1-11(12-2-4-13(17)5-3-12)10-16(20)18-14-6-8-15(19)9-7-14/h2-5,11,14-15,19H,6-10H2,1H3,(H,18,20). The second-order valence-electron chi connectivity index (χ2n) is 5.73. The highest BCUT2D eigenvalue weighted by Crippen LogP contribution is 2.22. The van der Waals surface area contributed by atoms with Crippen molar-refractivity contribution in [3.8, 4) is 0 Å². The summed E-state index contributed by atoms with van der Waals surface area (Å²) in [5, 5.41) is 12.6. The normalized spacial score (nSPS) is 24.1. The van der Waals surface area contributed by atoms with E-state index in [1.165, 1.54) is 5.56 Å². The summed E-state index contributed by atoms with van der Waals surface area (Å²) >= 11 is 3.42. The monoisotopic (exact) mass is 339 g/mol. The Bertz CT molecular complexity index is 438. The van der Waals surface area contributed by atoms with Crippen molar-refractivity contribution in [1.82, 2.24) is 5.32 Å². The molecule has 1 unspecified atom stereocenters. The Morgan fingerprint density at radius 3 is 2.50 bits per heavy atom. The van der Waals surface area contributed by atoms with Gasteiger partial charge in [-0.15, -0.1) is 0 Å². The first-order chi connectivity index (χ1) is 9.54. The lowest BCUT2D eigenvalue weighted by Gasteiger charge is -2.26. The minimum absolute atomic E-state index is 0.113. The zero-order valence-electron chi connectivity index (χ0n) is 11.8. The molecule has 0 aromatic heterocycles. The molecule has 0 aliphatic heterocycles. The number of benzene rings is 1. The highest BCUT2D eigenvalue weighted by molar-refractivity contribution is 9.10. The van der Waals surface area contributed by atoms with Crippen molar-refractivity contribution in [1.29, 1.82) is 0 Å². The molecule has 0 radical (unpaired) electrons. The average molecular weight is 340 g/mol. The van der Waals surface area contributed by atoms with E-state index in [0.717, 1.165) is 30.2 Å². The van der Waals surface area contributed by atoms with Crippen LogP contribution in [0.3, 0.4) is 0 Å². The number of carbonyl (C=O) groups excluding carboxylic acids is 1. The lowest BCUT2D eigenvalue weighted by molar-refractivity contribution is -0.122. The summed E-state index contributed by atoms with van der Waals surface area (Å²) in [5.74, 6) is 0.332. The van der Waals surface area contributed by atoms with Crippen molar-refractivity contribution in [2.45, 2.75) is 57.1 Å². The van der Waals surface area contributed by atoms with E-state index < -0.39 is 0 Å². The van der Waals surface area contributed by atoms with Crippen LogP contribution >= 0.6 is 15.9 Å². The number of carbonyl (C=O) groups is 1. The zero-order valence-corrected chi connectivity index (χ0v) is 13.4. The fourth-order valence-electron chi connectivity index (χ4n) is 2.69. The average Bonchev–Trinajstić information content (AvgIpc) is 2.42. The number of aliphatic hydroxyl groups is 1. The zero-order chi connectivity index (χ0) is 14.5. The Labute approximate surface area is 128 Å². The Morgan fingerprint density at radius 2 is 1.90 bits per heavy atom. The van der Waals surface area contributed by atoms with E-state index in [1.807, 2.05) is 12.1 Å². The third kappa shape index (κ3) is 4.60. The highest BCUT2D eigenvalue weighted by atomic mass is 79.9. The summed E-state index contributed by atoms with van der Waals surface area (Å²) in [6.45, 7) is 2.08. The van der Waals surface area contributed by atoms with Crippen molar-refractivity contribution < 1.29 is 9.90 Å². The number of hydrogen-bond acceptors (Lipinski definition) is 2. The molecule has 1 amide bonds. The number of amides is 1. The van der Waals surface area contributed by atoms with Gasteiger partial charge in [-0.05, 0) is 49.3 Å². The number of nitrogens with one attached hydrogen (secondary N) is 1. The maximum Gasteiger partial charge on any atom is 0.220 e. The quantitative estimate of drug-likeness (QED) is 0.883. The summed E-state index contributed by atoms with van der Waals surface area (Å²) in [7, 11) is 0. The highest BCUT2D eigenvalue weighted by Gasteiger charge is 2.21. The van der Waals surface area contributed by atoms with E-state index >= 15 is 0 Å². The van der Waals surface area contributed by atoms with Crippen LogP contribution in [0.2, 0.25) is 0 Å². The van der Waals surface area contributed by atoms with Gasteiger partial charge in [0.05, 0.1) is 6.10 Å². The minimum atomic E-state index is -0.176. The van der Waals surface area contributed by atoms with Gasteiger partial charge in [0.25, 0.3) is 0 Å². The van der Waals surface area contributed by atoms with Gasteiger partial charge in [0.15, 0.2) is 0 Å². The van der Waals surface area contributed by atoms with Crippen molar-refractivity contribution in [3.05, 3.63) is 34.3 Å². The first-order valence-corrected chi connectivity index (χ1v) is 8.07. The van der Waals surface area contributed by atoms with Gasteiger partial charge < -0.3 is 10.4 Å². The van der Waals surface area contributed by atoms with E-state index in [-0.39, 0.29) is 24.0 Å². The van der Waals surface area contributed by atoms with Crippen LogP contribution in [0, 0.1) is 0 Å². The molecule has 1 aromatic carbocycles. The van der Waals surface area contributed by atoms with Crippen LogP contribution in [0.25, 0.3) is 0 Å². The third-order valence-corrected chi connectivity index (χ3v) is 4.52. The molecule has 0 saturated heterocycles. The smallest absolute Gasteiger partial charge is 0.220 e. The molecule has 1 atom stereocenters. The molecule has 4 heteroatoms. The molecule has 2 N–H and O–H groups in total. The van der Waals surface area contributed by atoms with E-state index in [1.54, 1.807) is 0 Å². The molecular formula is C16H22BrNO2. The maximum absolute atomic E-state index is 12.1. The Kier molecular flexibility index (Phi) is 5.61. The molecular weight excluding hydrogens is 318 g/mol. The van der Waals surface area contributed by atoms with E-state index in [0.29, 0.717) is 6.42 Å². The molecule has 1 fully saturated rings. The second-order valence-corrected chi connectivity index (χ2v) is 6.65. The first-order valence-electron chi connectivity index (χ1n) is 7.27. The molecule has 0 heterocycles. The summed E-state index contributed by atoms with van der Waals surface area (Å²) in [5.41, 5.74) is 1.18. The van der Waals surface area contributed by atoms with Crippen molar-refractivity contribution in [2.75, 3.05) is 0 Å². The topological polar surface area (TPSA) is 49.3 Å². The van der Waals surface area contributed by atoms with Crippen molar-refractivity contribution in [2.24, 2.45) is 0 Å². The van der Waals surface area contributed by atoms with Gasteiger partial charge in [0.2, 0.25) is 5.91 Å². The van der Waals surface area contributed by atoms with Crippen LogP contribution in [0.4, 0.5) is 0 Å². The molecule has 1 aliphatic carbocycles. The fraction of sp³-hybridized carbons (Fsp3) is 0.562. The summed E-state index contributed by atoms with van der Waals surface area (Å²) < 4.78 is 1.05. The molecule has 110 valence electrons. The van der Waals surface area contributed by atoms with Crippen LogP contribution in [0.15, 0.2) is 28.7 Å². The summed E-state index contributed by atoms with van der Waals surface area (Å²) in [6.07, 6.45) is 3.71. The number of halogens is 1. The molecule has 3 nitrogen and oxygen atoms in total. The third-order valence-electron chi connectivity index (χ3n) is 3.99. The van der Waals surface area contributed by atoms with Gasteiger partial charge in [-0.1, -0.05) is 35.0 Å². The van der Waals surface area contributed by atoms with Gasteiger partial charge >= 0.3 is 0 Å². The molecule has 1 aliphatic rings. The largest absolute Gasteiger partial charge is 0.393 e. The maximum atomic E-state index is 12.1. The van der Waals surface area contributed by atoms with Gasteiger partial charge in [-0.3, -0.25) is 4.79 Å². The second kappa shape index (κ2) is 7.23. The predicted molar refractivity (Wildman–Crippen MR) is 83.6 cm³/mol. The van der Waals surface area contributed by atoms with Crippen molar-refractivity contribution in [3.63, 3.8) is 0 Å². The van der Waals surface area contributed by atoms with E-state index in [9.17, 15) is 9.90 Å². The summed E-state index contributed by atoms with van der Waals surface area (Å²) in [4.78, 5) is 12.1. The van der Waals surface area contributed by atoms with Gasteiger partial charge in [-0.25, -0.2) is 0 Å². The number of rotatable bonds is 4. The fourth-order valence-corrected chi connectivity index (χ4v) is 2.96. The Hall–Kier alpha value is -0.870. The predicted octanol–water partition coefficient (Wildman–Crippen LogP) is 3.36. The molecule has 20 heavy (non-hydrogen) atoms. The lowest BCUT2D eigenvalue weighted by atomic mass is 9.92. The van der Waals surface area contributed by atoms with Crippen LogP contribution in [-0.4, -0.2) is 23.2 Å². The molecule has 0 spiro atoms. The minimum Gasteiger partial charge on any atom is -0.393 e. The summed E-state index contributed by atoms with van der Waals surface area (Å²) in [6, 6.07) is 8.36.